The first-order valence-electron chi connectivity index (χ1n) is 6.20. The second-order valence-electron chi connectivity index (χ2n) is 4.18. The number of nitrogens with one attached hydrogen (secondary N) is 1. The first-order chi connectivity index (χ1) is 9.53. The topological polar surface area (TPSA) is 68.3 Å². The summed E-state index contributed by atoms with van der Waals surface area (Å²) in [6.07, 6.45) is 1.54. The molecule has 5 nitrogen and oxygen atoms in total. The molecule has 0 radical (unpaired) electrons. The van der Waals surface area contributed by atoms with E-state index in [9.17, 15) is 8.42 Å². The number of benzene rings is 1. The Balaban J connectivity index is 2.24. The highest BCUT2D eigenvalue weighted by Crippen LogP contribution is 2.19. The quantitative estimate of drug-likeness (QED) is 0.919. The van der Waals surface area contributed by atoms with Crippen molar-refractivity contribution in [2.75, 3.05) is 11.3 Å². The summed E-state index contributed by atoms with van der Waals surface area (Å²) in [7, 11) is -3.64. The highest BCUT2D eigenvalue weighted by Gasteiger charge is 2.15. The molecule has 106 valence electrons. The number of anilines is 1. The van der Waals surface area contributed by atoms with Crippen molar-refractivity contribution in [1.29, 1.82) is 0 Å². The zero-order valence-corrected chi connectivity index (χ0v) is 12.1. The minimum atomic E-state index is -3.64. The van der Waals surface area contributed by atoms with Gasteiger partial charge in [0.15, 0.2) is 0 Å². The van der Waals surface area contributed by atoms with Crippen molar-refractivity contribution in [2.45, 2.75) is 18.7 Å². The predicted molar refractivity (Wildman–Crippen MR) is 77.4 cm³/mol. The van der Waals surface area contributed by atoms with Gasteiger partial charge in [-0.1, -0.05) is 6.07 Å². The minimum absolute atomic E-state index is 0.172. The highest BCUT2D eigenvalue weighted by atomic mass is 32.2. The smallest absolute Gasteiger partial charge is 0.263 e. The lowest BCUT2D eigenvalue weighted by Crippen LogP contribution is -2.14. The van der Waals surface area contributed by atoms with E-state index in [0.717, 1.165) is 5.56 Å². The normalized spacial score (nSPS) is 11.1. The van der Waals surface area contributed by atoms with E-state index >= 15 is 0 Å². The zero-order chi connectivity index (χ0) is 14.6. The molecule has 2 aromatic rings. The summed E-state index contributed by atoms with van der Waals surface area (Å²) in [5, 5.41) is 0. The van der Waals surface area contributed by atoms with Crippen LogP contribution in [0.4, 0.5) is 5.82 Å². The number of aryl methyl sites for hydroxylation is 1. The number of rotatable bonds is 5. The standard InChI is InChI=1S/C14H16N2O3S/c1-3-19-12-6-8-13(9-7-12)20(17,18)16-14-11(2)5-4-10-15-14/h4-10H,3H2,1-2H3,(H,15,16). The average molecular weight is 292 g/mol. The Kier molecular flexibility index (Phi) is 4.24. The van der Waals surface area contributed by atoms with E-state index in [1.54, 1.807) is 37.4 Å². The molecular formula is C14H16N2O3S. The molecule has 0 atom stereocenters. The van der Waals surface area contributed by atoms with Crippen molar-refractivity contribution in [3.8, 4) is 5.75 Å². The molecule has 6 heteroatoms. The zero-order valence-electron chi connectivity index (χ0n) is 11.3. The largest absolute Gasteiger partial charge is 0.494 e. The molecule has 0 saturated carbocycles. The van der Waals surface area contributed by atoms with Gasteiger partial charge in [-0.2, -0.15) is 0 Å². The first kappa shape index (κ1) is 14.3. The van der Waals surface area contributed by atoms with Gasteiger partial charge in [0, 0.05) is 6.20 Å². The number of hydrogen-bond donors (Lipinski definition) is 1. The third-order valence-corrected chi connectivity index (χ3v) is 4.04. The fraction of sp³-hybridized carbons (Fsp3) is 0.214. The Morgan fingerprint density at radius 2 is 1.90 bits per heavy atom. The van der Waals surface area contributed by atoms with Crippen LogP contribution in [0, 0.1) is 6.92 Å². The van der Waals surface area contributed by atoms with Crippen LogP contribution in [-0.2, 0) is 10.0 Å². The van der Waals surface area contributed by atoms with Crippen LogP contribution < -0.4 is 9.46 Å². The molecule has 2 rings (SSSR count). The summed E-state index contributed by atoms with van der Waals surface area (Å²) in [6.45, 7) is 4.20. The molecule has 0 bridgehead atoms. The lowest BCUT2D eigenvalue weighted by Gasteiger charge is -2.10. The number of aromatic nitrogens is 1. The molecule has 0 aliphatic heterocycles. The Hall–Kier alpha value is -2.08. The third-order valence-electron chi connectivity index (χ3n) is 2.69. The summed E-state index contributed by atoms with van der Waals surface area (Å²) < 4.78 is 32.2. The van der Waals surface area contributed by atoms with Gasteiger partial charge in [0.2, 0.25) is 0 Å². The van der Waals surface area contributed by atoms with Crippen molar-refractivity contribution in [1.82, 2.24) is 4.98 Å². The Morgan fingerprint density at radius 3 is 2.50 bits per heavy atom. The van der Waals surface area contributed by atoms with Crippen molar-refractivity contribution < 1.29 is 13.2 Å². The van der Waals surface area contributed by atoms with Crippen molar-refractivity contribution in [2.24, 2.45) is 0 Å². The minimum Gasteiger partial charge on any atom is -0.494 e. The summed E-state index contributed by atoms with van der Waals surface area (Å²) in [4.78, 5) is 4.19. The van der Waals surface area contributed by atoms with Gasteiger partial charge >= 0.3 is 0 Å². The van der Waals surface area contributed by atoms with Crippen LogP contribution in [-0.4, -0.2) is 20.0 Å². The maximum Gasteiger partial charge on any atom is 0.263 e. The van der Waals surface area contributed by atoms with Gasteiger partial charge in [-0.15, -0.1) is 0 Å². The van der Waals surface area contributed by atoms with Crippen LogP contribution in [0.25, 0.3) is 0 Å². The van der Waals surface area contributed by atoms with E-state index in [4.69, 9.17) is 4.74 Å². The number of sulfonamides is 1. The molecule has 0 unspecified atom stereocenters. The van der Waals surface area contributed by atoms with Crippen molar-refractivity contribution in [3.05, 3.63) is 48.2 Å². The van der Waals surface area contributed by atoms with Gasteiger partial charge in [0.25, 0.3) is 10.0 Å². The molecule has 0 aliphatic carbocycles. The Bertz CT molecular complexity index is 682. The summed E-state index contributed by atoms with van der Waals surface area (Å²) in [5.41, 5.74) is 0.766. The molecular weight excluding hydrogens is 276 g/mol. The molecule has 0 fully saturated rings. The van der Waals surface area contributed by atoms with Gasteiger partial charge < -0.3 is 4.74 Å². The van der Waals surface area contributed by atoms with Crippen LogP contribution in [0.2, 0.25) is 0 Å². The molecule has 20 heavy (non-hydrogen) atoms. The van der Waals surface area contributed by atoms with Gasteiger partial charge in [0.05, 0.1) is 11.5 Å². The van der Waals surface area contributed by atoms with Gasteiger partial charge in [-0.05, 0) is 49.7 Å². The summed E-state index contributed by atoms with van der Waals surface area (Å²) in [6, 6.07) is 9.82. The van der Waals surface area contributed by atoms with Crippen LogP contribution in [0.3, 0.4) is 0 Å². The Morgan fingerprint density at radius 1 is 1.20 bits per heavy atom. The maximum atomic E-state index is 12.2. The molecule has 1 N–H and O–H groups in total. The van der Waals surface area contributed by atoms with Gasteiger partial charge in [-0.25, -0.2) is 13.4 Å². The molecule has 0 saturated heterocycles. The highest BCUT2D eigenvalue weighted by molar-refractivity contribution is 7.92. The second kappa shape index (κ2) is 5.92. The number of ether oxygens (including phenoxy) is 1. The molecule has 1 aromatic heterocycles. The first-order valence-corrected chi connectivity index (χ1v) is 7.68. The summed E-state index contributed by atoms with van der Waals surface area (Å²) >= 11 is 0. The van der Waals surface area contributed by atoms with E-state index in [1.165, 1.54) is 12.1 Å². The number of nitrogens with zero attached hydrogens (tertiary/aromatic N) is 1. The van der Waals surface area contributed by atoms with E-state index in [1.807, 2.05) is 6.92 Å². The molecule has 0 spiro atoms. The average Bonchev–Trinajstić information content (AvgIpc) is 2.42. The monoisotopic (exact) mass is 292 g/mol. The van der Waals surface area contributed by atoms with E-state index < -0.39 is 10.0 Å². The molecule has 0 amide bonds. The van der Waals surface area contributed by atoms with E-state index in [2.05, 4.69) is 9.71 Å². The molecule has 1 aromatic carbocycles. The predicted octanol–water partition coefficient (Wildman–Crippen LogP) is 2.59. The number of pyridine rings is 1. The van der Waals surface area contributed by atoms with E-state index in [0.29, 0.717) is 18.2 Å². The van der Waals surface area contributed by atoms with Gasteiger partial charge in [0.1, 0.15) is 11.6 Å². The molecule has 1 heterocycles. The lowest BCUT2D eigenvalue weighted by molar-refractivity contribution is 0.340. The number of hydrogen-bond acceptors (Lipinski definition) is 4. The maximum absolute atomic E-state index is 12.2. The van der Waals surface area contributed by atoms with Crippen LogP contribution in [0.5, 0.6) is 5.75 Å². The summed E-state index contributed by atoms with van der Waals surface area (Å²) in [5.74, 6) is 0.974. The van der Waals surface area contributed by atoms with E-state index in [-0.39, 0.29) is 4.90 Å². The lowest BCUT2D eigenvalue weighted by atomic mass is 10.3. The fourth-order valence-electron chi connectivity index (χ4n) is 1.66. The van der Waals surface area contributed by atoms with Crippen molar-refractivity contribution in [3.63, 3.8) is 0 Å². The van der Waals surface area contributed by atoms with Crippen LogP contribution >= 0.6 is 0 Å². The molecule has 0 aliphatic rings. The van der Waals surface area contributed by atoms with Crippen molar-refractivity contribution >= 4 is 15.8 Å². The third kappa shape index (κ3) is 3.27. The Labute approximate surface area is 118 Å². The SMILES string of the molecule is CCOc1ccc(S(=O)(=O)Nc2ncccc2C)cc1. The van der Waals surface area contributed by atoms with Crippen LogP contribution in [0.1, 0.15) is 12.5 Å². The fourth-order valence-corrected chi connectivity index (χ4v) is 2.74. The van der Waals surface area contributed by atoms with Crippen LogP contribution in [0.15, 0.2) is 47.5 Å². The second-order valence-corrected chi connectivity index (χ2v) is 5.86. The van der Waals surface area contributed by atoms with Gasteiger partial charge in [-0.3, -0.25) is 4.72 Å².